The Balaban J connectivity index is -0.00000000133. The molecule has 0 rings (SSSR count). The zero-order valence-corrected chi connectivity index (χ0v) is 6.47. The third-order valence-corrected chi connectivity index (χ3v) is 0. The van der Waals surface area contributed by atoms with Gasteiger partial charge in [-0.15, -0.1) is 0 Å². The van der Waals surface area contributed by atoms with Crippen LogP contribution in [-0.4, -0.2) is 72.4 Å². The van der Waals surface area contributed by atoms with Crippen LogP contribution >= 0.6 is 0 Å². The predicted molar refractivity (Wildman–Crippen MR) is 24.6 cm³/mol. The van der Waals surface area contributed by atoms with E-state index in [9.17, 15) is 0 Å². The maximum Gasteiger partial charge on any atom is 2.00 e. The summed E-state index contributed by atoms with van der Waals surface area (Å²) >= 11 is 0. The van der Waals surface area contributed by atoms with Crippen LogP contribution in [0.2, 0.25) is 0 Å². The van der Waals surface area contributed by atoms with Gasteiger partial charge in [-0.25, -0.2) is 0 Å². The Morgan fingerprint density at radius 1 is 1.80 bits per heavy atom. The van der Waals surface area contributed by atoms with Gasteiger partial charge < -0.3 is 10.8 Å². The SMILES string of the molecule is O=CO.[Ca+2].[H-].[H-].[H-].[H-].[Mg+2]. The largest absolute Gasteiger partial charge is 2.00 e. The first-order chi connectivity index (χ1) is 1.41. The molecule has 0 unspecified atom stereocenters. The molecule has 0 bridgehead atoms. The van der Waals surface area contributed by atoms with Crippen LogP contribution in [0.3, 0.4) is 0 Å². The van der Waals surface area contributed by atoms with E-state index in [2.05, 4.69) is 0 Å². The molecule has 0 aromatic rings. The average molecular weight is 114 g/mol. The maximum absolute atomic E-state index is 8.36. The van der Waals surface area contributed by atoms with E-state index in [1.54, 1.807) is 0 Å². The van der Waals surface area contributed by atoms with Crippen LogP contribution < -0.4 is 0 Å². The molecule has 0 saturated heterocycles. The zero-order valence-electron chi connectivity index (χ0n) is 6.85. The van der Waals surface area contributed by atoms with E-state index in [0.717, 1.165) is 0 Å². The number of carbonyl (C=O) groups is 1. The van der Waals surface area contributed by atoms with Gasteiger partial charge in [0, 0.05) is 0 Å². The minimum Gasteiger partial charge on any atom is -1.00 e. The summed E-state index contributed by atoms with van der Waals surface area (Å²) in [5.74, 6) is 0. The van der Waals surface area contributed by atoms with Gasteiger partial charge in [0.2, 0.25) is 0 Å². The van der Waals surface area contributed by atoms with E-state index in [0.29, 0.717) is 0 Å². The summed E-state index contributed by atoms with van der Waals surface area (Å²) in [4.78, 5) is 8.36. The first-order valence-electron chi connectivity index (χ1n) is 0.494. The third kappa shape index (κ3) is 30.0. The fraction of sp³-hybridized carbons (Fsp3) is 0. The molecule has 4 heteroatoms. The van der Waals surface area contributed by atoms with Gasteiger partial charge in [0.25, 0.3) is 6.47 Å². The molecule has 1 N–H and O–H groups in total. The van der Waals surface area contributed by atoms with Crippen molar-refractivity contribution in [2.45, 2.75) is 0 Å². The fourth-order valence-corrected chi connectivity index (χ4v) is 0. The van der Waals surface area contributed by atoms with Crippen LogP contribution in [0.4, 0.5) is 0 Å². The fourth-order valence-electron chi connectivity index (χ4n) is 0. The Bertz CT molecular complexity index is 26.0. The second-order valence-corrected chi connectivity index (χ2v) is 0.105. The Morgan fingerprint density at radius 3 is 1.80 bits per heavy atom. The number of hydrogen-bond donors (Lipinski definition) is 1. The quantitative estimate of drug-likeness (QED) is 0.337. The van der Waals surface area contributed by atoms with Crippen molar-refractivity contribution in [3.63, 3.8) is 0 Å². The summed E-state index contributed by atoms with van der Waals surface area (Å²) in [5, 5.41) is 6.89. The standard InChI is InChI=1S/CH2O2.Ca.Mg.4H/c2-1-3;;;;;;/h1H,(H,2,3);;;;;;/q;2*+2;4*-1. The monoisotopic (exact) mass is 114 g/mol. The summed E-state index contributed by atoms with van der Waals surface area (Å²) in [6.07, 6.45) is 0. The van der Waals surface area contributed by atoms with Crippen molar-refractivity contribution in [3.8, 4) is 0 Å². The summed E-state index contributed by atoms with van der Waals surface area (Å²) in [5.41, 5.74) is 0. The van der Waals surface area contributed by atoms with Crippen molar-refractivity contribution in [1.29, 1.82) is 0 Å². The number of carboxylic acid groups (broad SMARTS) is 1. The third-order valence-electron chi connectivity index (χ3n) is 0. The van der Waals surface area contributed by atoms with E-state index in [4.69, 9.17) is 9.90 Å². The second kappa shape index (κ2) is 17.8. The molecule has 0 aliphatic carbocycles. The smallest absolute Gasteiger partial charge is 1.00 e. The van der Waals surface area contributed by atoms with Crippen LogP contribution in [0, 0.1) is 0 Å². The molecular formula is CH6CaMgO2. The van der Waals surface area contributed by atoms with E-state index in [1.807, 2.05) is 0 Å². The molecule has 5 heavy (non-hydrogen) atoms. The second-order valence-electron chi connectivity index (χ2n) is 0.105. The summed E-state index contributed by atoms with van der Waals surface area (Å²) in [7, 11) is 0. The first-order valence-corrected chi connectivity index (χ1v) is 0.494. The molecule has 0 heterocycles. The van der Waals surface area contributed by atoms with Gasteiger partial charge in [-0.2, -0.15) is 0 Å². The summed E-state index contributed by atoms with van der Waals surface area (Å²) in [6.45, 7) is -0.250. The van der Waals surface area contributed by atoms with E-state index in [-0.39, 0.29) is 73.0 Å². The molecule has 0 spiro atoms. The Kier molecular flexibility index (Phi) is 57.3. The minimum absolute atomic E-state index is 0. The van der Waals surface area contributed by atoms with E-state index in [1.165, 1.54) is 0 Å². The zero-order chi connectivity index (χ0) is 2.71. The van der Waals surface area contributed by atoms with Crippen molar-refractivity contribution in [2.75, 3.05) is 0 Å². The number of rotatable bonds is 0. The molecule has 0 aromatic carbocycles. The molecule has 2 nitrogen and oxygen atoms in total. The van der Waals surface area contributed by atoms with Gasteiger partial charge >= 0.3 is 60.8 Å². The van der Waals surface area contributed by atoms with Crippen molar-refractivity contribution in [2.24, 2.45) is 0 Å². The molecule has 0 amide bonds. The van der Waals surface area contributed by atoms with Gasteiger partial charge in [-0.3, -0.25) is 4.79 Å². The molecule has 0 fully saturated rings. The molecule has 0 saturated carbocycles. The normalized spacial score (nSPS) is 2.40. The first kappa shape index (κ1) is 16.1. The van der Waals surface area contributed by atoms with E-state index < -0.39 is 0 Å². The van der Waals surface area contributed by atoms with Crippen molar-refractivity contribution < 1.29 is 15.6 Å². The molecule has 26 valence electrons. The maximum atomic E-state index is 8.36. The minimum atomic E-state index is -0.250. The van der Waals surface area contributed by atoms with Gasteiger partial charge in [0.05, 0.1) is 0 Å². The van der Waals surface area contributed by atoms with Gasteiger partial charge in [-0.1, -0.05) is 0 Å². The van der Waals surface area contributed by atoms with Crippen molar-refractivity contribution >= 4 is 67.3 Å². The van der Waals surface area contributed by atoms with Gasteiger partial charge in [0.1, 0.15) is 0 Å². The molecular weight excluding hydrogens is 108 g/mol. The van der Waals surface area contributed by atoms with Crippen molar-refractivity contribution in [1.82, 2.24) is 0 Å². The van der Waals surface area contributed by atoms with Crippen LogP contribution in [0.1, 0.15) is 5.71 Å². The summed E-state index contributed by atoms with van der Waals surface area (Å²) in [6, 6.07) is 0. The van der Waals surface area contributed by atoms with Gasteiger partial charge in [-0.05, 0) is 0 Å². The van der Waals surface area contributed by atoms with Crippen LogP contribution in [0.5, 0.6) is 0 Å². The van der Waals surface area contributed by atoms with Crippen molar-refractivity contribution in [3.05, 3.63) is 0 Å². The molecule has 0 radical (unpaired) electrons. The molecule has 0 atom stereocenters. The Labute approximate surface area is 82.0 Å². The van der Waals surface area contributed by atoms with Crippen LogP contribution in [0.15, 0.2) is 0 Å². The van der Waals surface area contributed by atoms with Crippen LogP contribution in [-0.2, 0) is 4.79 Å². The Hall–Kier alpha value is 1.50. The topological polar surface area (TPSA) is 37.3 Å². The van der Waals surface area contributed by atoms with Crippen LogP contribution in [0.25, 0.3) is 0 Å². The average Bonchev–Trinajstić information content (AvgIpc) is 0.918. The van der Waals surface area contributed by atoms with Gasteiger partial charge in [0.15, 0.2) is 0 Å². The Morgan fingerprint density at radius 2 is 1.80 bits per heavy atom. The number of hydrogen-bond acceptors (Lipinski definition) is 1. The molecule has 0 aliphatic heterocycles. The molecule has 0 aliphatic rings. The summed E-state index contributed by atoms with van der Waals surface area (Å²) < 4.78 is 0. The predicted octanol–water partition coefficient (Wildman–Crippen LogP) is -0.611. The van der Waals surface area contributed by atoms with E-state index >= 15 is 0 Å². The molecule has 0 aromatic heterocycles.